The standard InChI is InChI=1S/C12H24N2O2S/c1-11(13-5-3-4-10-17-2)12(15)14-6-8-16-9-7-14/h11,13H,3-10H2,1-2H3. The van der Waals surface area contributed by atoms with Gasteiger partial charge >= 0.3 is 0 Å². The van der Waals surface area contributed by atoms with Crippen LogP contribution >= 0.6 is 11.8 Å². The molecule has 1 fully saturated rings. The number of nitrogens with one attached hydrogen (secondary N) is 1. The number of nitrogens with zero attached hydrogens (tertiary/aromatic N) is 1. The van der Waals surface area contributed by atoms with Gasteiger partial charge in [0.1, 0.15) is 0 Å². The topological polar surface area (TPSA) is 41.6 Å². The average molecular weight is 260 g/mol. The Morgan fingerprint density at radius 1 is 1.41 bits per heavy atom. The van der Waals surface area contributed by atoms with Crippen LogP contribution < -0.4 is 5.32 Å². The highest BCUT2D eigenvalue weighted by molar-refractivity contribution is 7.98. The number of thioether (sulfide) groups is 1. The predicted octanol–water partition coefficient (Wildman–Crippen LogP) is 0.967. The van der Waals surface area contributed by atoms with Crippen LogP contribution in [0.5, 0.6) is 0 Å². The molecule has 1 rings (SSSR count). The maximum absolute atomic E-state index is 12.0. The van der Waals surface area contributed by atoms with Crippen LogP contribution in [0.3, 0.4) is 0 Å². The smallest absolute Gasteiger partial charge is 0.239 e. The van der Waals surface area contributed by atoms with Crippen molar-refractivity contribution < 1.29 is 9.53 Å². The van der Waals surface area contributed by atoms with Crippen LogP contribution in [0.25, 0.3) is 0 Å². The predicted molar refractivity (Wildman–Crippen MR) is 72.5 cm³/mol. The fourth-order valence-corrected chi connectivity index (χ4v) is 2.33. The number of hydrogen-bond acceptors (Lipinski definition) is 4. The molecule has 0 aromatic rings. The lowest BCUT2D eigenvalue weighted by Gasteiger charge is -2.29. The van der Waals surface area contributed by atoms with Gasteiger partial charge in [-0.3, -0.25) is 4.79 Å². The molecule has 1 aliphatic heterocycles. The zero-order chi connectivity index (χ0) is 12.5. The van der Waals surface area contributed by atoms with E-state index in [-0.39, 0.29) is 11.9 Å². The van der Waals surface area contributed by atoms with Crippen molar-refractivity contribution in [1.29, 1.82) is 0 Å². The number of carbonyl (C=O) groups is 1. The molecule has 1 atom stereocenters. The fourth-order valence-electron chi connectivity index (χ4n) is 1.83. The van der Waals surface area contributed by atoms with Crippen molar-refractivity contribution in [3.8, 4) is 0 Å². The molecule has 1 unspecified atom stereocenters. The van der Waals surface area contributed by atoms with E-state index in [1.807, 2.05) is 23.6 Å². The highest BCUT2D eigenvalue weighted by Crippen LogP contribution is 2.02. The van der Waals surface area contributed by atoms with Crippen LogP contribution in [0.2, 0.25) is 0 Å². The summed E-state index contributed by atoms with van der Waals surface area (Å²) in [5.74, 6) is 1.41. The van der Waals surface area contributed by atoms with E-state index in [1.54, 1.807) is 0 Å². The summed E-state index contributed by atoms with van der Waals surface area (Å²) in [5.41, 5.74) is 0. The van der Waals surface area contributed by atoms with Gasteiger partial charge in [0.2, 0.25) is 5.91 Å². The van der Waals surface area contributed by atoms with Crippen molar-refractivity contribution in [3.05, 3.63) is 0 Å². The van der Waals surface area contributed by atoms with Crippen LogP contribution in [-0.4, -0.2) is 61.7 Å². The summed E-state index contributed by atoms with van der Waals surface area (Å²) in [6, 6.07) is -0.0672. The Balaban J connectivity index is 2.12. The van der Waals surface area contributed by atoms with Gasteiger partial charge in [-0.2, -0.15) is 11.8 Å². The molecule has 1 amide bonds. The van der Waals surface area contributed by atoms with E-state index < -0.39 is 0 Å². The van der Waals surface area contributed by atoms with E-state index in [0.29, 0.717) is 13.2 Å². The van der Waals surface area contributed by atoms with E-state index >= 15 is 0 Å². The fraction of sp³-hybridized carbons (Fsp3) is 0.917. The minimum atomic E-state index is -0.0672. The Hall–Kier alpha value is -0.260. The van der Waals surface area contributed by atoms with Gasteiger partial charge in [0.25, 0.3) is 0 Å². The molecule has 0 aliphatic carbocycles. The Morgan fingerprint density at radius 3 is 2.76 bits per heavy atom. The Bertz CT molecular complexity index is 221. The highest BCUT2D eigenvalue weighted by atomic mass is 32.2. The first-order chi connectivity index (χ1) is 8.25. The first-order valence-electron chi connectivity index (χ1n) is 6.34. The molecule has 0 saturated carbocycles. The summed E-state index contributed by atoms with van der Waals surface area (Å²) in [5, 5.41) is 3.30. The largest absolute Gasteiger partial charge is 0.378 e. The Labute approximate surface area is 108 Å². The lowest BCUT2D eigenvalue weighted by Crippen LogP contribution is -2.49. The summed E-state index contributed by atoms with van der Waals surface area (Å²) in [4.78, 5) is 13.9. The van der Waals surface area contributed by atoms with Gasteiger partial charge in [-0.15, -0.1) is 0 Å². The first-order valence-corrected chi connectivity index (χ1v) is 7.74. The van der Waals surface area contributed by atoms with Crippen LogP contribution in [0, 0.1) is 0 Å². The number of hydrogen-bond donors (Lipinski definition) is 1. The van der Waals surface area contributed by atoms with Crippen molar-refractivity contribution in [2.75, 3.05) is 44.9 Å². The summed E-state index contributed by atoms with van der Waals surface area (Å²) in [6.07, 6.45) is 4.48. The van der Waals surface area contributed by atoms with Gasteiger partial charge in [-0.25, -0.2) is 0 Å². The van der Waals surface area contributed by atoms with Crippen molar-refractivity contribution >= 4 is 17.7 Å². The lowest BCUT2D eigenvalue weighted by molar-refractivity contribution is -0.137. The maximum Gasteiger partial charge on any atom is 0.239 e. The van der Waals surface area contributed by atoms with Gasteiger partial charge in [0.15, 0.2) is 0 Å². The molecular weight excluding hydrogens is 236 g/mol. The quantitative estimate of drug-likeness (QED) is 0.693. The third-order valence-corrected chi connectivity index (χ3v) is 3.62. The van der Waals surface area contributed by atoms with Gasteiger partial charge < -0.3 is 15.0 Å². The number of unbranched alkanes of at least 4 members (excludes halogenated alkanes) is 1. The number of ether oxygens (including phenoxy) is 1. The maximum atomic E-state index is 12.0. The van der Waals surface area contributed by atoms with Gasteiger partial charge in [0, 0.05) is 13.1 Å². The zero-order valence-electron chi connectivity index (χ0n) is 10.9. The molecule has 0 spiro atoms. The molecule has 0 radical (unpaired) electrons. The molecule has 1 aliphatic rings. The van der Waals surface area contributed by atoms with Crippen LogP contribution in [0.1, 0.15) is 19.8 Å². The summed E-state index contributed by atoms with van der Waals surface area (Å²) < 4.78 is 5.24. The number of carbonyl (C=O) groups excluding carboxylic acids is 1. The third-order valence-electron chi connectivity index (χ3n) is 2.92. The van der Waals surface area contributed by atoms with Gasteiger partial charge in [0.05, 0.1) is 19.3 Å². The lowest BCUT2D eigenvalue weighted by atomic mass is 10.2. The molecule has 17 heavy (non-hydrogen) atoms. The molecule has 0 aromatic heterocycles. The zero-order valence-corrected chi connectivity index (χ0v) is 11.7. The average Bonchev–Trinajstić information content (AvgIpc) is 2.38. The molecule has 100 valence electrons. The third kappa shape index (κ3) is 5.75. The van der Waals surface area contributed by atoms with Crippen LogP contribution in [-0.2, 0) is 9.53 Å². The summed E-state index contributed by atoms with van der Waals surface area (Å²) in [6.45, 7) is 5.69. The molecule has 4 nitrogen and oxygen atoms in total. The minimum Gasteiger partial charge on any atom is -0.378 e. The van der Waals surface area contributed by atoms with E-state index in [1.165, 1.54) is 12.2 Å². The second kappa shape index (κ2) is 8.78. The van der Waals surface area contributed by atoms with Crippen LogP contribution in [0.15, 0.2) is 0 Å². The molecule has 5 heteroatoms. The molecule has 0 aromatic carbocycles. The summed E-state index contributed by atoms with van der Waals surface area (Å²) in [7, 11) is 0. The van der Waals surface area contributed by atoms with E-state index in [2.05, 4.69) is 11.6 Å². The second-order valence-corrected chi connectivity index (χ2v) is 5.30. The SMILES string of the molecule is CSCCCCNC(C)C(=O)N1CCOCC1. The van der Waals surface area contributed by atoms with Crippen molar-refractivity contribution in [3.63, 3.8) is 0 Å². The molecule has 1 saturated heterocycles. The van der Waals surface area contributed by atoms with E-state index in [9.17, 15) is 4.79 Å². The Kier molecular flexibility index (Phi) is 7.64. The molecule has 0 bridgehead atoms. The molecular formula is C12H24N2O2S. The van der Waals surface area contributed by atoms with E-state index in [4.69, 9.17) is 4.74 Å². The first kappa shape index (κ1) is 14.8. The van der Waals surface area contributed by atoms with E-state index in [0.717, 1.165) is 26.1 Å². The highest BCUT2D eigenvalue weighted by Gasteiger charge is 2.21. The number of rotatable bonds is 7. The minimum absolute atomic E-state index is 0.0672. The van der Waals surface area contributed by atoms with Crippen molar-refractivity contribution in [2.45, 2.75) is 25.8 Å². The van der Waals surface area contributed by atoms with Crippen LogP contribution in [0.4, 0.5) is 0 Å². The molecule has 1 N–H and O–H groups in total. The normalized spacial score (nSPS) is 18.1. The Morgan fingerprint density at radius 2 is 2.12 bits per heavy atom. The monoisotopic (exact) mass is 260 g/mol. The second-order valence-electron chi connectivity index (χ2n) is 4.31. The number of morpholine rings is 1. The summed E-state index contributed by atoms with van der Waals surface area (Å²) >= 11 is 1.87. The van der Waals surface area contributed by atoms with Crippen molar-refractivity contribution in [2.24, 2.45) is 0 Å². The van der Waals surface area contributed by atoms with Gasteiger partial charge in [-0.1, -0.05) is 0 Å². The number of amides is 1. The molecule has 1 heterocycles. The van der Waals surface area contributed by atoms with Gasteiger partial charge in [-0.05, 0) is 38.3 Å². The van der Waals surface area contributed by atoms with Crippen molar-refractivity contribution in [1.82, 2.24) is 10.2 Å².